The summed E-state index contributed by atoms with van der Waals surface area (Å²) in [7, 11) is 0. The number of aromatic nitrogens is 3. The maximum Gasteiger partial charge on any atom is 0.147 e. The van der Waals surface area contributed by atoms with Crippen LogP contribution in [-0.4, -0.2) is 14.5 Å². The first-order valence-corrected chi connectivity index (χ1v) is 20.0. The third-order valence-electron chi connectivity index (χ3n) is 11.2. The number of rotatable bonds is 5. The maximum absolute atomic E-state index is 6.62. The number of thiophene rings is 1. The highest BCUT2D eigenvalue weighted by molar-refractivity contribution is 7.26. The molecule has 57 heavy (non-hydrogen) atoms. The number of hydrogen-bond acceptors (Lipinski definition) is 4. The standard InChI is InChI=1S/C52H31N3OS/c1-2-13-33(14-3-1)52-54-44-21-8-9-22-45(44)55(52)37-27-25-32(26-28-37)34-29-35(38-18-12-19-40-39-15-6-11-24-47(39)57-51(38)40)31-36(30-34)49-48-42-17-5-10-23-46(42)56-50(48)41-16-4-7-20-43(41)53-49/h1-31H. The van der Waals surface area contributed by atoms with E-state index in [0.717, 1.165) is 88.9 Å². The zero-order chi connectivity index (χ0) is 37.5. The maximum atomic E-state index is 6.62. The second kappa shape index (κ2) is 12.6. The van der Waals surface area contributed by atoms with Gasteiger partial charge in [0.05, 0.1) is 27.6 Å². The van der Waals surface area contributed by atoms with Gasteiger partial charge in [-0.2, -0.15) is 0 Å². The zero-order valence-corrected chi connectivity index (χ0v) is 31.4. The van der Waals surface area contributed by atoms with Gasteiger partial charge in [-0.25, -0.2) is 9.97 Å². The molecular weight excluding hydrogens is 715 g/mol. The first-order chi connectivity index (χ1) is 28.2. The third-order valence-corrected chi connectivity index (χ3v) is 12.4. The summed E-state index contributed by atoms with van der Waals surface area (Å²) in [6.07, 6.45) is 0. The minimum atomic E-state index is 0.857. The molecule has 0 atom stereocenters. The molecule has 0 amide bonds. The summed E-state index contributed by atoms with van der Waals surface area (Å²) in [5.74, 6) is 0.920. The summed E-state index contributed by atoms with van der Waals surface area (Å²) in [6, 6.07) is 66.6. The molecule has 12 rings (SSSR count). The number of benzene rings is 8. The van der Waals surface area contributed by atoms with Crippen molar-refractivity contribution in [3.63, 3.8) is 0 Å². The topological polar surface area (TPSA) is 43.9 Å². The molecule has 0 radical (unpaired) electrons. The van der Waals surface area contributed by atoms with E-state index in [2.05, 4.69) is 162 Å². The average molecular weight is 746 g/mol. The normalized spacial score (nSPS) is 11.9. The van der Waals surface area contributed by atoms with Crippen molar-refractivity contribution < 1.29 is 4.42 Å². The van der Waals surface area contributed by atoms with E-state index in [1.165, 1.54) is 25.7 Å². The van der Waals surface area contributed by atoms with Crippen LogP contribution < -0.4 is 0 Å². The van der Waals surface area contributed by atoms with Gasteiger partial charge in [-0.05, 0) is 89.0 Å². The van der Waals surface area contributed by atoms with E-state index in [1.54, 1.807) is 0 Å². The Balaban J connectivity index is 1.10. The number of pyridine rings is 1. The monoisotopic (exact) mass is 745 g/mol. The minimum absolute atomic E-state index is 0.857. The SMILES string of the molecule is c1ccc(-c2nc3ccccc3n2-c2ccc(-c3cc(-c4cccc5c4sc4ccccc45)cc(-c4nc5ccccc5c5oc6ccccc6c45)c3)cc2)cc1. The molecule has 8 aromatic carbocycles. The Hall–Kier alpha value is -7.34. The number of hydrogen-bond donors (Lipinski definition) is 0. The fraction of sp³-hybridized carbons (Fsp3) is 0. The molecule has 0 unspecified atom stereocenters. The molecule has 0 N–H and O–H groups in total. The average Bonchev–Trinajstić information content (AvgIpc) is 3.98. The van der Waals surface area contributed by atoms with Crippen LogP contribution in [0.4, 0.5) is 0 Å². The van der Waals surface area contributed by atoms with Crippen molar-refractivity contribution in [1.82, 2.24) is 14.5 Å². The highest BCUT2D eigenvalue weighted by atomic mass is 32.1. The van der Waals surface area contributed by atoms with Gasteiger partial charge >= 0.3 is 0 Å². The Morgan fingerprint density at radius 2 is 1.14 bits per heavy atom. The first kappa shape index (κ1) is 32.0. The van der Waals surface area contributed by atoms with E-state index < -0.39 is 0 Å². The Bertz CT molecular complexity index is 3520. The number of fused-ring (bicyclic) bond motifs is 9. The lowest BCUT2D eigenvalue weighted by atomic mass is 9.92. The lowest BCUT2D eigenvalue weighted by molar-refractivity contribution is 0.672. The molecule has 12 aromatic rings. The largest absolute Gasteiger partial charge is 0.455 e. The molecule has 5 heteroatoms. The number of furan rings is 1. The Labute approximate surface area is 331 Å². The van der Waals surface area contributed by atoms with Crippen molar-refractivity contribution in [3.05, 3.63) is 188 Å². The number of imidazole rings is 1. The predicted octanol–water partition coefficient (Wildman–Crippen LogP) is 14.5. The van der Waals surface area contributed by atoms with Gasteiger partial charge in [0, 0.05) is 47.8 Å². The molecular formula is C52H31N3OS. The van der Waals surface area contributed by atoms with Crippen LogP contribution in [0.15, 0.2) is 192 Å². The van der Waals surface area contributed by atoms with Gasteiger partial charge in [-0.1, -0.05) is 121 Å². The van der Waals surface area contributed by atoms with E-state index >= 15 is 0 Å². The van der Waals surface area contributed by atoms with Crippen molar-refractivity contribution in [3.8, 4) is 50.6 Å². The van der Waals surface area contributed by atoms with Gasteiger partial charge in [0.25, 0.3) is 0 Å². The smallest absolute Gasteiger partial charge is 0.147 e. The predicted molar refractivity (Wildman–Crippen MR) is 238 cm³/mol. The third kappa shape index (κ3) is 5.06. The van der Waals surface area contributed by atoms with Gasteiger partial charge in [0.1, 0.15) is 17.0 Å². The summed E-state index contributed by atoms with van der Waals surface area (Å²) in [5, 5.41) is 5.67. The molecule has 266 valence electrons. The molecule has 0 bridgehead atoms. The highest BCUT2D eigenvalue weighted by Gasteiger charge is 2.20. The van der Waals surface area contributed by atoms with Crippen LogP contribution in [-0.2, 0) is 0 Å². The molecule has 0 saturated heterocycles. The molecule has 4 nitrogen and oxygen atoms in total. The lowest BCUT2D eigenvalue weighted by Crippen LogP contribution is -1.97. The van der Waals surface area contributed by atoms with Crippen LogP contribution in [0.5, 0.6) is 0 Å². The summed E-state index contributed by atoms with van der Waals surface area (Å²) in [6.45, 7) is 0. The van der Waals surface area contributed by atoms with E-state index in [0.29, 0.717) is 0 Å². The van der Waals surface area contributed by atoms with Gasteiger partial charge in [-0.3, -0.25) is 4.57 Å². The molecule has 0 saturated carbocycles. The van der Waals surface area contributed by atoms with Gasteiger partial charge in [0.2, 0.25) is 0 Å². The van der Waals surface area contributed by atoms with Gasteiger partial charge in [0.15, 0.2) is 0 Å². The Morgan fingerprint density at radius 1 is 0.456 bits per heavy atom. The summed E-state index contributed by atoms with van der Waals surface area (Å²) < 4.78 is 11.5. The van der Waals surface area contributed by atoms with Crippen LogP contribution in [0.3, 0.4) is 0 Å². The molecule has 0 aliphatic carbocycles. The second-order valence-electron chi connectivity index (χ2n) is 14.5. The van der Waals surface area contributed by atoms with Crippen molar-refractivity contribution >= 4 is 75.4 Å². The van der Waals surface area contributed by atoms with Gasteiger partial charge < -0.3 is 4.42 Å². The van der Waals surface area contributed by atoms with Crippen LogP contribution >= 0.6 is 11.3 Å². The van der Waals surface area contributed by atoms with Gasteiger partial charge in [-0.15, -0.1) is 11.3 Å². The molecule has 0 fully saturated rings. The molecule has 0 aliphatic rings. The van der Waals surface area contributed by atoms with E-state index in [4.69, 9.17) is 14.4 Å². The number of nitrogens with zero attached hydrogens (tertiary/aromatic N) is 3. The molecule has 4 aromatic heterocycles. The van der Waals surface area contributed by atoms with E-state index in [9.17, 15) is 0 Å². The van der Waals surface area contributed by atoms with Crippen molar-refractivity contribution in [1.29, 1.82) is 0 Å². The Morgan fingerprint density at radius 3 is 2.02 bits per heavy atom. The van der Waals surface area contributed by atoms with E-state index in [-0.39, 0.29) is 0 Å². The van der Waals surface area contributed by atoms with Crippen molar-refractivity contribution in [2.45, 2.75) is 0 Å². The Kier molecular flexibility index (Phi) is 7.06. The summed E-state index contributed by atoms with van der Waals surface area (Å²) >= 11 is 1.86. The minimum Gasteiger partial charge on any atom is -0.455 e. The fourth-order valence-electron chi connectivity index (χ4n) is 8.55. The highest BCUT2D eigenvalue weighted by Crippen LogP contribution is 2.44. The number of para-hydroxylation sites is 4. The molecule has 0 spiro atoms. The van der Waals surface area contributed by atoms with Crippen molar-refractivity contribution in [2.24, 2.45) is 0 Å². The first-order valence-electron chi connectivity index (χ1n) is 19.1. The van der Waals surface area contributed by atoms with Crippen LogP contribution in [0.25, 0.3) is 115 Å². The molecule has 4 heterocycles. The van der Waals surface area contributed by atoms with Crippen molar-refractivity contribution in [2.75, 3.05) is 0 Å². The lowest BCUT2D eigenvalue weighted by Gasteiger charge is -2.14. The van der Waals surface area contributed by atoms with E-state index in [1.807, 2.05) is 41.7 Å². The van der Waals surface area contributed by atoms with Crippen LogP contribution in [0, 0.1) is 0 Å². The second-order valence-corrected chi connectivity index (χ2v) is 15.6. The fourth-order valence-corrected chi connectivity index (χ4v) is 9.79. The quantitative estimate of drug-likeness (QED) is 0.176. The summed E-state index contributed by atoms with van der Waals surface area (Å²) in [4.78, 5) is 10.5. The zero-order valence-electron chi connectivity index (χ0n) is 30.6. The summed E-state index contributed by atoms with van der Waals surface area (Å²) in [5.41, 5.74) is 13.3. The van der Waals surface area contributed by atoms with Crippen LogP contribution in [0.2, 0.25) is 0 Å². The van der Waals surface area contributed by atoms with Crippen LogP contribution in [0.1, 0.15) is 0 Å². The molecule has 0 aliphatic heterocycles.